The topological polar surface area (TPSA) is 132 Å². The van der Waals surface area contributed by atoms with Crippen molar-refractivity contribution < 1.29 is 19.1 Å². The van der Waals surface area contributed by atoms with Gasteiger partial charge in [-0.05, 0) is 54.2 Å². The van der Waals surface area contributed by atoms with E-state index in [1.165, 1.54) is 35.5 Å². The van der Waals surface area contributed by atoms with E-state index in [4.69, 9.17) is 9.52 Å². The van der Waals surface area contributed by atoms with Gasteiger partial charge in [-0.3, -0.25) is 25.0 Å². The Labute approximate surface area is 199 Å². The molecule has 10 nitrogen and oxygen atoms in total. The molecule has 2 aromatic carbocycles. The van der Waals surface area contributed by atoms with E-state index in [2.05, 4.69) is 0 Å². The van der Waals surface area contributed by atoms with Gasteiger partial charge >= 0.3 is 5.91 Å². The molecule has 0 N–H and O–H groups in total. The fourth-order valence-corrected chi connectivity index (χ4v) is 4.77. The number of nitro benzene ring substituents is 2. The summed E-state index contributed by atoms with van der Waals surface area (Å²) >= 11 is 0. The average Bonchev–Trinajstić information content (AvgIpc) is 3.53. The van der Waals surface area contributed by atoms with Crippen molar-refractivity contribution in [2.24, 2.45) is 11.0 Å². The van der Waals surface area contributed by atoms with Gasteiger partial charge < -0.3 is 4.42 Å². The lowest BCUT2D eigenvalue weighted by atomic mass is 9.77. The summed E-state index contributed by atoms with van der Waals surface area (Å²) in [5.41, 5.74) is 2.79. The number of carbonyl (C=O) groups is 1. The number of rotatable bonds is 5. The molecule has 2 heterocycles. The van der Waals surface area contributed by atoms with Gasteiger partial charge in [0.2, 0.25) is 0 Å². The van der Waals surface area contributed by atoms with Crippen LogP contribution in [0.2, 0.25) is 0 Å². The number of hydrogen-bond donors (Lipinski definition) is 0. The molecular weight excluding hydrogens is 452 g/mol. The number of hydrazone groups is 1. The van der Waals surface area contributed by atoms with Gasteiger partial charge in [-0.2, -0.15) is 5.10 Å². The molecule has 5 rings (SSSR count). The number of nitrogens with zero attached hydrogens (tertiary/aromatic N) is 4. The number of fused-ring (bicyclic) bond motifs is 1. The van der Waals surface area contributed by atoms with E-state index in [1.54, 1.807) is 36.4 Å². The van der Waals surface area contributed by atoms with Crippen molar-refractivity contribution in [2.45, 2.75) is 25.3 Å². The van der Waals surface area contributed by atoms with E-state index < -0.39 is 21.8 Å². The van der Waals surface area contributed by atoms with Crippen molar-refractivity contribution in [3.8, 4) is 0 Å². The van der Waals surface area contributed by atoms with Crippen molar-refractivity contribution in [1.82, 2.24) is 5.01 Å². The Morgan fingerprint density at radius 1 is 1.03 bits per heavy atom. The summed E-state index contributed by atoms with van der Waals surface area (Å²) in [5.74, 6) is -0.509. The molecule has 2 atom stereocenters. The summed E-state index contributed by atoms with van der Waals surface area (Å²) in [6.45, 7) is 0. The van der Waals surface area contributed by atoms with Crippen molar-refractivity contribution in [1.29, 1.82) is 0 Å². The molecule has 2 aliphatic rings. The van der Waals surface area contributed by atoms with Gasteiger partial charge in [0.05, 0.1) is 27.9 Å². The van der Waals surface area contributed by atoms with Crippen LogP contribution in [0.4, 0.5) is 11.4 Å². The first-order valence-corrected chi connectivity index (χ1v) is 11.1. The molecule has 1 saturated carbocycles. The number of benzene rings is 2. The summed E-state index contributed by atoms with van der Waals surface area (Å²) in [4.78, 5) is 35.0. The van der Waals surface area contributed by atoms with Gasteiger partial charge in [0.1, 0.15) is 0 Å². The molecule has 0 spiro atoms. The number of furan rings is 1. The number of allylic oxidation sites excluding steroid dienone is 1. The predicted molar refractivity (Wildman–Crippen MR) is 127 cm³/mol. The third-order valence-corrected chi connectivity index (χ3v) is 6.29. The van der Waals surface area contributed by atoms with Crippen molar-refractivity contribution in [3.05, 3.63) is 110 Å². The van der Waals surface area contributed by atoms with Crippen LogP contribution in [-0.2, 0) is 0 Å². The Bertz CT molecular complexity index is 1380. The largest absolute Gasteiger partial charge is 0.459 e. The van der Waals surface area contributed by atoms with E-state index in [0.717, 1.165) is 18.4 Å². The van der Waals surface area contributed by atoms with Gasteiger partial charge in [0.25, 0.3) is 11.4 Å². The third kappa shape index (κ3) is 4.21. The van der Waals surface area contributed by atoms with Crippen molar-refractivity contribution in [3.63, 3.8) is 0 Å². The highest BCUT2D eigenvalue weighted by molar-refractivity contribution is 6.09. The van der Waals surface area contributed by atoms with Crippen LogP contribution < -0.4 is 0 Å². The predicted octanol–water partition coefficient (Wildman–Crippen LogP) is 5.53. The second-order valence-electron chi connectivity index (χ2n) is 8.43. The summed E-state index contributed by atoms with van der Waals surface area (Å²) in [6.07, 6.45) is 5.52. The molecule has 1 fully saturated rings. The Balaban J connectivity index is 1.59. The summed E-state index contributed by atoms with van der Waals surface area (Å²) < 4.78 is 5.32. The Morgan fingerprint density at radius 2 is 1.77 bits per heavy atom. The molecule has 10 heteroatoms. The van der Waals surface area contributed by atoms with Crippen LogP contribution in [0.1, 0.15) is 47.0 Å². The summed E-state index contributed by atoms with van der Waals surface area (Å²) in [5, 5.41) is 28.7. The first kappa shape index (κ1) is 22.2. The van der Waals surface area contributed by atoms with Crippen LogP contribution in [0, 0.1) is 26.1 Å². The summed E-state index contributed by atoms with van der Waals surface area (Å²) in [6, 6.07) is 15.2. The van der Waals surface area contributed by atoms with Crippen molar-refractivity contribution >= 4 is 29.1 Å². The van der Waals surface area contributed by atoms with Gasteiger partial charge in [0, 0.05) is 30.2 Å². The molecule has 35 heavy (non-hydrogen) atoms. The summed E-state index contributed by atoms with van der Waals surface area (Å²) in [7, 11) is 0. The molecule has 1 amide bonds. The third-order valence-electron chi connectivity index (χ3n) is 6.29. The molecule has 2 unspecified atom stereocenters. The van der Waals surface area contributed by atoms with Crippen LogP contribution >= 0.6 is 0 Å². The van der Waals surface area contributed by atoms with Gasteiger partial charge in [0.15, 0.2) is 5.76 Å². The Morgan fingerprint density at radius 3 is 2.49 bits per heavy atom. The van der Waals surface area contributed by atoms with Crippen LogP contribution in [0.5, 0.6) is 0 Å². The zero-order chi connectivity index (χ0) is 24.5. The lowest BCUT2D eigenvalue weighted by molar-refractivity contribution is -0.385. The maximum Gasteiger partial charge on any atom is 0.310 e. The normalized spacial score (nSPS) is 20.4. The zero-order valence-corrected chi connectivity index (χ0v) is 18.4. The van der Waals surface area contributed by atoms with E-state index in [0.29, 0.717) is 23.3 Å². The van der Waals surface area contributed by atoms with E-state index in [9.17, 15) is 25.0 Å². The zero-order valence-electron chi connectivity index (χ0n) is 18.4. The van der Waals surface area contributed by atoms with E-state index in [1.807, 2.05) is 6.08 Å². The SMILES string of the molecule is O=C(c1ccco1)N1N=C2/C(=C/c3cccc([N+](=O)[O-])c3)CCCC2C1c1cccc([N+](=O)[O-])c1. The average molecular weight is 472 g/mol. The highest BCUT2D eigenvalue weighted by Crippen LogP contribution is 2.45. The molecule has 3 aromatic rings. The molecule has 0 saturated heterocycles. The highest BCUT2D eigenvalue weighted by atomic mass is 16.6. The highest BCUT2D eigenvalue weighted by Gasteiger charge is 2.44. The van der Waals surface area contributed by atoms with Crippen LogP contribution in [0.15, 0.2) is 82.0 Å². The molecule has 176 valence electrons. The Hall–Kier alpha value is -4.60. The minimum atomic E-state index is -0.545. The number of carbonyl (C=O) groups excluding carboxylic acids is 1. The van der Waals surface area contributed by atoms with Crippen LogP contribution in [0.25, 0.3) is 6.08 Å². The minimum Gasteiger partial charge on any atom is -0.459 e. The van der Waals surface area contributed by atoms with Crippen molar-refractivity contribution in [2.75, 3.05) is 0 Å². The van der Waals surface area contributed by atoms with E-state index in [-0.39, 0.29) is 23.1 Å². The van der Waals surface area contributed by atoms with E-state index >= 15 is 0 Å². The van der Waals surface area contributed by atoms with Crippen LogP contribution in [0.3, 0.4) is 0 Å². The number of nitro groups is 2. The number of non-ortho nitro benzene ring substituents is 2. The van der Waals surface area contributed by atoms with Gasteiger partial charge in [-0.25, -0.2) is 5.01 Å². The smallest absolute Gasteiger partial charge is 0.310 e. The first-order chi connectivity index (χ1) is 16.9. The molecule has 1 aromatic heterocycles. The number of amides is 1. The Kier molecular flexibility index (Phi) is 5.69. The second-order valence-corrected chi connectivity index (χ2v) is 8.43. The number of hydrogen-bond acceptors (Lipinski definition) is 7. The molecule has 1 aliphatic carbocycles. The maximum atomic E-state index is 13.3. The molecule has 0 bridgehead atoms. The fourth-order valence-electron chi connectivity index (χ4n) is 4.77. The fraction of sp³-hybridized carbons (Fsp3) is 0.200. The second kappa shape index (κ2) is 8.98. The minimum absolute atomic E-state index is 0.0100. The monoisotopic (exact) mass is 472 g/mol. The standard InChI is InChI=1S/C25H20N4O6/c30-25(22-11-4-12-35-22)27-24(18-7-2-9-20(15-18)29(33)34)21-10-3-6-17(23(21)26-27)13-16-5-1-8-19(14-16)28(31)32/h1-2,4-5,7-9,11-15,21,24H,3,6,10H2/b17-13+. The van der Waals surface area contributed by atoms with Gasteiger partial charge in [-0.15, -0.1) is 0 Å². The van der Waals surface area contributed by atoms with Crippen LogP contribution in [-0.4, -0.2) is 26.5 Å². The molecular formula is C25H20N4O6. The lowest BCUT2D eigenvalue weighted by Crippen LogP contribution is -2.31. The molecule has 1 aliphatic heterocycles. The first-order valence-electron chi connectivity index (χ1n) is 11.1. The maximum absolute atomic E-state index is 13.3. The quantitative estimate of drug-likeness (QED) is 0.354. The lowest BCUT2D eigenvalue weighted by Gasteiger charge is -2.29. The molecule has 0 radical (unpaired) electrons. The van der Waals surface area contributed by atoms with Gasteiger partial charge in [-0.1, -0.05) is 24.3 Å².